The van der Waals surface area contributed by atoms with E-state index < -0.39 is 5.97 Å². The molecule has 0 atom stereocenters. The predicted molar refractivity (Wildman–Crippen MR) is 38.3 cm³/mol. The van der Waals surface area contributed by atoms with E-state index in [-0.39, 0.29) is 11.8 Å². The van der Waals surface area contributed by atoms with Crippen molar-refractivity contribution in [2.45, 2.75) is 40.0 Å². The third-order valence-electron chi connectivity index (χ3n) is 1.31. The molecule has 0 amide bonds. The fourth-order valence-electron chi connectivity index (χ4n) is 0.763. The molecule has 0 N–H and O–H groups in total. The van der Waals surface area contributed by atoms with Crippen molar-refractivity contribution < 1.29 is 9.90 Å². The maximum atomic E-state index is 9.97. The summed E-state index contributed by atoms with van der Waals surface area (Å²) in [6, 6.07) is 0. The number of hydrogen-bond donors (Lipinski definition) is 0. The molecule has 10 heavy (non-hydrogen) atoms. The van der Waals surface area contributed by atoms with Crippen molar-refractivity contribution >= 4 is 5.97 Å². The molecule has 0 aliphatic heterocycles. The molecule has 60 valence electrons. The summed E-state index contributed by atoms with van der Waals surface area (Å²) in [5.41, 5.74) is 0.245. The molecule has 0 spiro atoms. The first-order chi connectivity index (χ1) is 4.42. The van der Waals surface area contributed by atoms with Crippen molar-refractivity contribution in [1.29, 1.82) is 0 Å². The quantitative estimate of drug-likeness (QED) is 0.590. The Morgan fingerprint density at radius 2 is 1.90 bits per heavy atom. The number of carbonyl (C=O) groups excluding carboxylic acids is 1. The van der Waals surface area contributed by atoms with Crippen molar-refractivity contribution in [3.8, 4) is 0 Å². The van der Waals surface area contributed by atoms with Gasteiger partial charge in [0.1, 0.15) is 0 Å². The molecule has 0 aromatic rings. The summed E-state index contributed by atoms with van der Waals surface area (Å²) >= 11 is 0. The Hall–Kier alpha value is -0.530. The van der Waals surface area contributed by atoms with Crippen molar-refractivity contribution in [2.24, 2.45) is 5.41 Å². The van der Waals surface area contributed by atoms with Crippen LogP contribution in [0.3, 0.4) is 0 Å². The van der Waals surface area contributed by atoms with Gasteiger partial charge in [0.05, 0.1) is 0 Å². The Morgan fingerprint density at radius 1 is 1.40 bits per heavy atom. The summed E-state index contributed by atoms with van der Waals surface area (Å²) in [6.45, 7) is 6.30. The molecule has 0 aliphatic rings. The molecule has 0 saturated carbocycles. The first-order valence-corrected chi connectivity index (χ1v) is 3.62. The molecule has 0 heterocycles. The lowest BCUT2D eigenvalue weighted by Crippen LogP contribution is -2.22. The van der Waals surface area contributed by atoms with Gasteiger partial charge in [-0.1, -0.05) is 20.8 Å². The highest BCUT2D eigenvalue weighted by Crippen LogP contribution is 2.20. The van der Waals surface area contributed by atoms with Gasteiger partial charge in [-0.05, 0) is 24.7 Å². The van der Waals surface area contributed by atoms with Crippen molar-refractivity contribution in [3.05, 3.63) is 0 Å². The van der Waals surface area contributed by atoms with E-state index in [1.54, 1.807) is 0 Å². The highest BCUT2D eigenvalue weighted by atomic mass is 16.4. The van der Waals surface area contributed by atoms with Gasteiger partial charge in [-0.25, -0.2) is 0 Å². The zero-order valence-corrected chi connectivity index (χ0v) is 6.94. The Kier molecular flexibility index (Phi) is 3.40. The number of carbonyl (C=O) groups is 1. The van der Waals surface area contributed by atoms with Gasteiger partial charge in [0.2, 0.25) is 0 Å². The largest absolute Gasteiger partial charge is 0.550 e. The average molecular weight is 143 g/mol. The maximum Gasteiger partial charge on any atom is 0.0414 e. The van der Waals surface area contributed by atoms with Gasteiger partial charge in [-0.15, -0.1) is 0 Å². The average Bonchev–Trinajstić information content (AvgIpc) is 1.59. The molecule has 0 fully saturated rings. The monoisotopic (exact) mass is 143 g/mol. The molecule has 0 unspecified atom stereocenters. The Bertz CT molecular complexity index is 111. The molecular weight excluding hydrogens is 128 g/mol. The van der Waals surface area contributed by atoms with E-state index in [1.165, 1.54) is 0 Å². The molecule has 0 bridgehead atoms. The minimum absolute atomic E-state index is 0.192. The second-order valence-electron chi connectivity index (χ2n) is 3.79. The van der Waals surface area contributed by atoms with Gasteiger partial charge >= 0.3 is 0 Å². The first-order valence-electron chi connectivity index (χ1n) is 3.62. The number of carboxylic acids is 1. The third-order valence-corrected chi connectivity index (χ3v) is 1.31. The van der Waals surface area contributed by atoms with Crippen molar-refractivity contribution in [2.75, 3.05) is 0 Å². The lowest BCUT2D eigenvalue weighted by atomic mass is 9.90. The lowest BCUT2D eigenvalue weighted by molar-refractivity contribution is -0.305. The van der Waals surface area contributed by atoms with Crippen LogP contribution >= 0.6 is 0 Å². The Labute approximate surface area is 62.2 Å². The molecule has 2 heteroatoms. The lowest BCUT2D eigenvalue weighted by Gasteiger charge is -2.17. The van der Waals surface area contributed by atoms with Crippen LogP contribution in [0.15, 0.2) is 0 Å². The molecule has 0 radical (unpaired) electrons. The molecule has 0 aromatic carbocycles. The summed E-state index contributed by atoms with van der Waals surface area (Å²) in [4.78, 5) is 9.97. The van der Waals surface area contributed by atoms with Crippen LogP contribution in [0, 0.1) is 5.41 Å². The van der Waals surface area contributed by atoms with Crippen LogP contribution in [0.5, 0.6) is 0 Å². The van der Waals surface area contributed by atoms with Gasteiger partial charge in [0.15, 0.2) is 0 Å². The van der Waals surface area contributed by atoms with Gasteiger partial charge < -0.3 is 9.90 Å². The van der Waals surface area contributed by atoms with Gasteiger partial charge in [-0.2, -0.15) is 0 Å². The Morgan fingerprint density at radius 3 is 2.20 bits per heavy atom. The second kappa shape index (κ2) is 3.59. The first kappa shape index (κ1) is 9.47. The number of hydrogen-bond acceptors (Lipinski definition) is 2. The summed E-state index contributed by atoms with van der Waals surface area (Å²) in [5.74, 6) is -0.941. The molecule has 0 saturated heterocycles. The highest BCUT2D eigenvalue weighted by Gasteiger charge is 2.08. The van der Waals surface area contributed by atoms with E-state index >= 15 is 0 Å². The SMILES string of the molecule is CC(C)(C)CCCC(=O)[O-]. The zero-order chi connectivity index (χ0) is 8.20. The van der Waals surface area contributed by atoms with Crippen LogP contribution in [-0.4, -0.2) is 5.97 Å². The predicted octanol–water partition coefficient (Wildman–Crippen LogP) is 0.953. The van der Waals surface area contributed by atoms with E-state index in [4.69, 9.17) is 0 Å². The second-order valence-corrected chi connectivity index (χ2v) is 3.79. The third kappa shape index (κ3) is 7.47. The van der Waals surface area contributed by atoms with Crippen LogP contribution in [0.1, 0.15) is 40.0 Å². The molecule has 0 rings (SSSR count). The summed E-state index contributed by atoms with van der Waals surface area (Å²) in [6.07, 6.45) is 1.87. The van der Waals surface area contributed by atoms with Crippen LogP contribution in [-0.2, 0) is 4.79 Å². The summed E-state index contributed by atoms with van der Waals surface area (Å²) < 4.78 is 0. The van der Waals surface area contributed by atoms with E-state index in [0.29, 0.717) is 0 Å². The summed E-state index contributed by atoms with van der Waals surface area (Å²) in [5, 5.41) is 9.97. The van der Waals surface area contributed by atoms with Crippen LogP contribution in [0.25, 0.3) is 0 Å². The topological polar surface area (TPSA) is 40.1 Å². The van der Waals surface area contributed by atoms with E-state index in [1.807, 2.05) is 0 Å². The van der Waals surface area contributed by atoms with Gasteiger partial charge in [0, 0.05) is 5.97 Å². The fraction of sp³-hybridized carbons (Fsp3) is 0.875. The van der Waals surface area contributed by atoms with Crippen LogP contribution in [0.2, 0.25) is 0 Å². The maximum absolute atomic E-state index is 9.97. The molecule has 2 nitrogen and oxygen atoms in total. The number of carboxylic acid groups (broad SMARTS) is 1. The van der Waals surface area contributed by atoms with Crippen LogP contribution < -0.4 is 5.11 Å². The normalized spacial score (nSPS) is 11.5. The number of aliphatic carboxylic acids is 1. The van der Waals surface area contributed by atoms with Crippen molar-refractivity contribution in [3.63, 3.8) is 0 Å². The van der Waals surface area contributed by atoms with E-state index in [0.717, 1.165) is 12.8 Å². The van der Waals surface area contributed by atoms with Gasteiger partial charge in [0.25, 0.3) is 0 Å². The standard InChI is InChI=1S/C8H16O2/c1-8(2,3)6-4-5-7(9)10/h4-6H2,1-3H3,(H,9,10)/p-1. The minimum atomic E-state index is -0.941. The summed E-state index contributed by atoms with van der Waals surface area (Å²) in [7, 11) is 0. The zero-order valence-electron chi connectivity index (χ0n) is 6.94. The number of rotatable bonds is 3. The minimum Gasteiger partial charge on any atom is -0.550 e. The van der Waals surface area contributed by atoms with Gasteiger partial charge in [-0.3, -0.25) is 0 Å². The Balaban J connectivity index is 3.29. The smallest absolute Gasteiger partial charge is 0.0414 e. The van der Waals surface area contributed by atoms with Crippen LogP contribution in [0.4, 0.5) is 0 Å². The highest BCUT2D eigenvalue weighted by molar-refractivity contribution is 5.64. The fourth-order valence-corrected chi connectivity index (χ4v) is 0.763. The van der Waals surface area contributed by atoms with E-state index in [2.05, 4.69) is 20.8 Å². The molecular formula is C8H15O2-. The molecule has 0 aliphatic carbocycles. The molecule has 0 aromatic heterocycles. The van der Waals surface area contributed by atoms with Crippen molar-refractivity contribution in [1.82, 2.24) is 0 Å². The van der Waals surface area contributed by atoms with E-state index in [9.17, 15) is 9.90 Å².